The summed E-state index contributed by atoms with van der Waals surface area (Å²) < 4.78 is 30.6. The first-order valence-electron chi connectivity index (χ1n) is 6.76. The molecule has 7 nitrogen and oxygen atoms in total. The zero-order valence-corrected chi connectivity index (χ0v) is 12.5. The Bertz CT molecular complexity index is 597. The number of hydrogen-bond donors (Lipinski definition) is 1. The summed E-state index contributed by atoms with van der Waals surface area (Å²) >= 11 is 0. The second-order valence-corrected chi connectivity index (χ2v) is 7.03. The number of rotatable bonds is 5. The van der Waals surface area contributed by atoms with E-state index in [4.69, 9.17) is 4.74 Å². The molecule has 8 heteroatoms. The van der Waals surface area contributed by atoms with Gasteiger partial charge in [0.05, 0.1) is 16.4 Å². The predicted octanol–water partition coefficient (Wildman–Crippen LogP) is 1.14. The lowest BCUT2D eigenvalue weighted by atomic mass is 10.1. The van der Waals surface area contributed by atoms with Gasteiger partial charge < -0.3 is 10.1 Å². The van der Waals surface area contributed by atoms with Gasteiger partial charge in [0, 0.05) is 24.8 Å². The van der Waals surface area contributed by atoms with E-state index < -0.39 is 20.0 Å². The number of non-ortho nitro benzene ring substituents is 1. The highest BCUT2D eigenvalue weighted by Gasteiger charge is 2.37. The fraction of sp³-hybridized carbons (Fsp3) is 0.538. The molecule has 1 aromatic rings. The van der Waals surface area contributed by atoms with Gasteiger partial charge >= 0.3 is 0 Å². The van der Waals surface area contributed by atoms with Crippen molar-refractivity contribution in [1.82, 2.24) is 5.32 Å². The lowest BCUT2D eigenvalue weighted by Crippen LogP contribution is -2.50. The Morgan fingerprint density at radius 3 is 2.62 bits per heavy atom. The third kappa shape index (κ3) is 3.39. The fourth-order valence-corrected chi connectivity index (χ4v) is 4.25. The van der Waals surface area contributed by atoms with E-state index in [1.54, 1.807) is 0 Å². The normalized spacial score (nSPS) is 22.9. The number of ether oxygens (including phenoxy) is 1. The molecule has 0 radical (unpaired) electrons. The lowest BCUT2D eigenvalue weighted by Gasteiger charge is -2.31. The standard InChI is InChI=1S/C13H18N2O5S/c1-2-14-12-7-8-20-9-13(12)21(18,19)11-5-3-10(4-6-11)15(16)17/h3-6,12-14H,2,7-9H2,1H3. The Morgan fingerprint density at radius 2 is 2.05 bits per heavy atom. The van der Waals surface area contributed by atoms with Crippen LogP contribution in [0.3, 0.4) is 0 Å². The van der Waals surface area contributed by atoms with Gasteiger partial charge in [-0.05, 0) is 25.1 Å². The van der Waals surface area contributed by atoms with E-state index in [-0.39, 0.29) is 23.2 Å². The summed E-state index contributed by atoms with van der Waals surface area (Å²) in [6.07, 6.45) is 0.630. The quantitative estimate of drug-likeness (QED) is 0.646. The Morgan fingerprint density at radius 1 is 1.38 bits per heavy atom. The molecule has 2 unspecified atom stereocenters. The van der Waals surface area contributed by atoms with Crippen LogP contribution in [0.2, 0.25) is 0 Å². The van der Waals surface area contributed by atoms with E-state index in [1.807, 2.05) is 6.92 Å². The Balaban J connectivity index is 2.28. The van der Waals surface area contributed by atoms with Gasteiger partial charge in [0.15, 0.2) is 9.84 Å². The van der Waals surface area contributed by atoms with Crippen LogP contribution < -0.4 is 5.32 Å². The minimum atomic E-state index is -3.59. The van der Waals surface area contributed by atoms with Gasteiger partial charge in [0.2, 0.25) is 0 Å². The highest BCUT2D eigenvalue weighted by atomic mass is 32.2. The van der Waals surface area contributed by atoms with E-state index in [9.17, 15) is 18.5 Å². The van der Waals surface area contributed by atoms with Gasteiger partial charge in [-0.25, -0.2) is 8.42 Å². The number of hydrogen-bond acceptors (Lipinski definition) is 6. The van der Waals surface area contributed by atoms with Crippen LogP contribution in [0.15, 0.2) is 29.2 Å². The zero-order chi connectivity index (χ0) is 15.5. The molecule has 1 heterocycles. The number of sulfone groups is 1. The van der Waals surface area contributed by atoms with Crippen LogP contribution in [0.25, 0.3) is 0 Å². The molecule has 116 valence electrons. The Hall–Kier alpha value is -1.51. The molecule has 0 aliphatic carbocycles. The molecule has 1 N–H and O–H groups in total. The van der Waals surface area contributed by atoms with Gasteiger partial charge in [-0.3, -0.25) is 10.1 Å². The second kappa shape index (κ2) is 6.50. The van der Waals surface area contributed by atoms with Crippen molar-refractivity contribution in [2.75, 3.05) is 19.8 Å². The van der Waals surface area contributed by atoms with Crippen molar-refractivity contribution in [1.29, 1.82) is 0 Å². The van der Waals surface area contributed by atoms with E-state index in [1.165, 1.54) is 24.3 Å². The van der Waals surface area contributed by atoms with E-state index in [0.717, 1.165) is 0 Å². The first kappa shape index (κ1) is 15.9. The van der Waals surface area contributed by atoms with Crippen LogP contribution in [-0.4, -0.2) is 44.4 Å². The van der Waals surface area contributed by atoms with Crippen LogP contribution >= 0.6 is 0 Å². The summed E-state index contributed by atoms with van der Waals surface area (Å²) in [5.41, 5.74) is -0.128. The number of nitro groups is 1. The van der Waals surface area contributed by atoms with Crippen LogP contribution in [-0.2, 0) is 14.6 Å². The average Bonchev–Trinajstić information content (AvgIpc) is 2.48. The molecule has 2 rings (SSSR count). The maximum absolute atomic E-state index is 12.7. The monoisotopic (exact) mass is 314 g/mol. The summed E-state index contributed by atoms with van der Waals surface area (Å²) in [6, 6.07) is 4.82. The van der Waals surface area contributed by atoms with Gasteiger partial charge in [0.25, 0.3) is 5.69 Å². The highest BCUT2D eigenvalue weighted by molar-refractivity contribution is 7.92. The molecule has 2 atom stereocenters. The van der Waals surface area contributed by atoms with Crippen LogP contribution in [0, 0.1) is 10.1 Å². The Labute approximate surface area is 123 Å². The molecule has 0 aromatic heterocycles. The topological polar surface area (TPSA) is 98.5 Å². The first-order valence-corrected chi connectivity index (χ1v) is 8.31. The molecule has 0 spiro atoms. The van der Waals surface area contributed by atoms with Gasteiger partial charge in [0.1, 0.15) is 5.25 Å². The number of nitrogens with zero attached hydrogens (tertiary/aromatic N) is 1. The van der Waals surface area contributed by atoms with Crippen LogP contribution in [0.1, 0.15) is 13.3 Å². The fourth-order valence-electron chi connectivity index (χ4n) is 2.45. The molecule has 0 saturated carbocycles. The van der Waals surface area contributed by atoms with Gasteiger partial charge in [-0.2, -0.15) is 0 Å². The molecular weight excluding hydrogens is 296 g/mol. The maximum Gasteiger partial charge on any atom is 0.269 e. The lowest BCUT2D eigenvalue weighted by molar-refractivity contribution is -0.384. The molecule has 1 saturated heterocycles. The molecular formula is C13H18N2O5S. The van der Waals surface area contributed by atoms with Crippen LogP contribution in [0.4, 0.5) is 5.69 Å². The average molecular weight is 314 g/mol. The van der Waals surface area contributed by atoms with Crippen molar-refractivity contribution in [2.45, 2.75) is 29.5 Å². The van der Waals surface area contributed by atoms with Crippen molar-refractivity contribution in [3.63, 3.8) is 0 Å². The van der Waals surface area contributed by atoms with Crippen molar-refractivity contribution in [3.8, 4) is 0 Å². The summed E-state index contributed by atoms with van der Waals surface area (Å²) in [4.78, 5) is 10.2. The third-order valence-electron chi connectivity index (χ3n) is 3.55. The van der Waals surface area contributed by atoms with Gasteiger partial charge in [-0.15, -0.1) is 0 Å². The van der Waals surface area contributed by atoms with Crippen molar-refractivity contribution >= 4 is 15.5 Å². The SMILES string of the molecule is CCNC1CCOCC1S(=O)(=O)c1ccc([N+](=O)[O-])cc1. The van der Waals surface area contributed by atoms with Crippen molar-refractivity contribution in [2.24, 2.45) is 0 Å². The molecule has 0 amide bonds. The number of nitro benzene ring substituents is 1. The summed E-state index contributed by atoms with van der Waals surface area (Å²) in [6.45, 7) is 3.27. The van der Waals surface area contributed by atoms with E-state index in [0.29, 0.717) is 19.6 Å². The largest absolute Gasteiger partial charge is 0.380 e. The third-order valence-corrected chi connectivity index (χ3v) is 5.74. The minimum absolute atomic E-state index is 0.0894. The highest BCUT2D eigenvalue weighted by Crippen LogP contribution is 2.24. The number of benzene rings is 1. The molecule has 0 bridgehead atoms. The predicted molar refractivity (Wildman–Crippen MR) is 77.0 cm³/mol. The molecule has 1 aliphatic rings. The summed E-state index contributed by atoms with van der Waals surface area (Å²) in [7, 11) is -3.59. The van der Waals surface area contributed by atoms with Gasteiger partial charge in [-0.1, -0.05) is 6.92 Å². The minimum Gasteiger partial charge on any atom is -0.380 e. The van der Waals surface area contributed by atoms with Crippen molar-refractivity contribution in [3.05, 3.63) is 34.4 Å². The van der Waals surface area contributed by atoms with E-state index in [2.05, 4.69) is 5.32 Å². The summed E-state index contributed by atoms with van der Waals surface area (Å²) in [5, 5.41) is 13.1. The summed E-state index contributed by atoms with van der Waals surface area (Å²) in [5.74, 6) is 0. The van der Waals surface area contributed by atoms with Crippen molar-refractivity contribution < 1.29 is 18.1 Å². The number of nitrogens with one attached hydrogen (secondary N) is 1. The second-order valence-electron chi connectivity index (χ2n) is 4.86. The maximum atomic E-state index is 12.7. The molecule has 1 fully saturated rings. The first-order chi connectivity index (χ1) is 9.96. The van der Waals surface area contributed by atoms with Crippen LogP contribution in [0.5, 0.6) is 0 Å². The molecule has 1 aromatic carbocycles. The smallest absolute Gasteiger partial charge is 0.269 e. The van der Waals surface area contributed by atoms with E-state index >= 15 is 0 Å². The Kier molecular flexibility index (Phi) is 4.92. The zero-order valence-electron chi connectivity index (χ0n) is 11.7. The molecule has 21 heavy (non-hydrogen) atoms. The molecule has 1 aliphatic heterocycles.